The summed E-state index contributed by atoms with van der Waals surface area (Å²) in [6.45, 7) is 5.98. The van der Waals surface area contributed by atoms with Crippen molar-refractivity contribution in [3.8, 4) is 0 Å². The Morgan fingerprint density at radius 3 is 2.67 bits per heavy atom. The smallest absolute Gasteiger partial charge is 0.0668 e. The highest BCUT2D eigenvalue weighted by Gasteiger charge is 2.09. The molecule has 0 fully saturated rings. The lowest BCUT2D eigenvalue weighted by Crippen LogP contribution is -1.98. The molecule has 0 aliphatic heterocycles. The monoisotopic (exact) mass is 240 g/mol. The van der Waals surface area contributed by atoms with E-state index < -0.39 is 5.53 Å². The molecule has 0 heterocycles. The predicted molar refractivity (Wildman–Crippen MR) is 70.6 cm³/mol. The van der Waals surface area contributed by atoms with Crippen LogP contribution >= 0.6 is 41.4 Å². The van der Waals surface area contributed by atoms with Gasteiger partial charge in [-0.15, -0.1) is 42.5 Å². The van der Waals surface area contributed by atoms with E-state index in [1.165, 1.54) is 19.3 Å². The minimum atomic E-state index is -0.410. The summed E-state index contributed by atoms with van der Waals surface area (Å²) in [5.41, 5.74) is -0.410. The van der Waals surface area contributed by atoms with Gasteiger partial charge >= 0.3 is 0 Å². The highest BCUT2D eigenvalue weighted by Crippen LogP contribution is 2.60. The minimum absolute atomic E-state index is 0.410. The number of allylic oxidation sites excluding steroid dienone is 1. The summed E-state index contributed by atoms with van der Waals surface area (Å²) < 4.78 is 0. The standard InChI is InChI=1S/C8H17PS3/c1-3-5-7-8(6-4-2)12-9(10)11/h4,8,10-11H,2-3,5-7H2,1H3. The molecule has 0 saturated carbocycles. The molecule has 0 aromatic heterocycles. The van der Waals surface area contributed by atoms with Gasteiger partial charge in [0.05, 0.1) is 5.53 Å². The Kier molecular flexibility index (Phi) is 9.70. The van der Waals surface area contributed by atoms with E-state index in [2.05, 4.69) is 38.0 Å². The van der Waals surface area contributed by atoms with E-state index in [4.69, 9.17) is 0 Å². The summed E-state index contributed by atoms with van der Waals surface area (Å²) in [6.07, 6.45) is 6.92. The summed E-state index contributed by atoms with van der Waals surface area (Å²) >= 11 is 10.5. The number of rotatable bonds is 7. The molecule has 0 spiro atoms. The van der Waals surface area contributed by atoms with Crippen LogP contribution in [0.2, 0.25) is 0 Å². The van der Waals surface area contributed by atoms with Crippen molar-refractivity contribution in [3.05, 3.63) is 12.7 Å². The normalized spacial score (nSPS) is 13.3. The zero-order chi connectivity index (χ0) is 9.40. The molecule has 0 amide bonds. The van der Waals surface area contributed by atoms with Crippen molar-refractivity contribution < 1.29 is 0 Å². The van der Waals surface area contributed by atoms with E-state index >= 15 is 0 Å². The van der Waals surface area contributed by atoms with E-state index in [0.29, 0.717) is 5.25 Å². The second-order valence-corrected chi connectivity index (χ2v) is 10.7. The summed E-state index contributed by atoms with van der Waals surface area (Å²) in [5, 5.41) is 0.684. The molecule has 0 aliphatic carbocycles. The van der Waals surface area contributed by atoms with Crippen LogP contribution in [-0.2, 0) is 0 Å². The number of hydrogen-bond donors (Lipinski definition) is 2. The molecule has 0 radical (unpaired) electrons. The van der Waals surface area contributed by atoms with Gasteiger partial charge in [0.25, 0.3) is 0 Å². The van der Waals surface area contributed by atoms with Gasteiger partial charge in [-0.05, 0) is 12.8 Å². The Hall–Kier alpha value is 1.22. The van der Waals surface area contributed by atoms with Crippen molar-refractivity contribution in [1.82, 2.24) is 0 Å². The topological polar surface area (TPSA) is 0 Å². The van der Waals surface area contributed by atoms with E-state index in [-0.39, 0.29) is 0 Å². The second kappa shape index (κ2) is 8.80. The highest BCUT2D eigenvalue weighted by atomic mass is 33.3. The lowest BCUT2D eigenvalue weighted by atomic mass is 10.1. The molecule has 72 valence electrons. The molecular formula is C8H17PS3. The van der Waals surface area contributed by atoms with Crippen LogP contribution < -0.4 is 0 Å². The summed E-state index contributed by atoms with van der Waals surface area (Å²) in [4.78, 5) is 0. The van der Waals surface area contributed by atoms with Crippen LogP contribution in [0.3, 0.4) is 0 Å². The Morgan fingerprint density at radius 2 is 2.25 bits per heavy atom. The van der Waals surface area contributed by atoms with Crippen LogP contribution in [0.4, 0.5) is 0 Å². The van der Waals surface area contributed by atoms with Crippen molar-refractivity contribution in [3.63, 3.8) is 0 Å². The average Bonchev–Trinajstić information content (AvgIpc) is 2.00. The first kappa shape index (κ1) is 13.2. The van der Waals surface area contributed by atoms with E-state index in [1.807, 2.05) is 17.5 Å². The fraction of sp³-hybridized carbons (Fsp3) is 0.750. The molecule has 0 saturated heterocycles. The van der Waals surface area contributed by atoms with Gasteiger partial charge < -0.3 is 0 Å². The van der Waals surface area contributed by atoms with Gasteiger partial charge in [0.2, 0.25) is 0 Å². The molecule has 0 aromatic rings. The number of hydrogen-bond acceptors (Lipinski definition) is 3. The van der Waals surface area contributed by atoms with Crippen LogP contribution in [0.15, 0.2) is 12.7 Å². The Bertz CT molecular complexity index is 117. The van der Waals surface area contributed by atoms with Crippen LogP contribution in [0.1, 0.15) is 32.6 Å². The third kappa shape index (κ3) is 7.85. The molecule has 12 heavy (non-hydrogen) atoms. The maximum Gasteiger partial charge on any atom is 0.0668 e. The van der Waals surface area contributed by atoms with Gasteiger partial charge in [-0.3, -0.25) is 0 Å². The van der Waals surface area contributed by atoms with Gasteiger partial charge in [0, 0.05) is 5.25 Å². The fourth-order valence-electron chi connectivity index (χ4n) is 0.965. The Morgan fingerprint density at radius 1 is 1.58 bits per heavy atom. The zero-order valence-electron chi connectivity index (χ0n) is 7.44. The highest BCUT2D eigenvalue weighted by molar-refractivity contribution is 9.06. The first-order valence-electron chi connectivity index (χ1n) is 4.16. The van der Waals surface area contributed by atoms with Crippen LogP contribution in [0.25, 0.3) is 0 Å². The molecular weight excluding hydrogens is 223 g/mol. The first-order valence-corrected chi connectivity index (χ1v) is 9.29. The van der Waals surface area contributed by atoms with E-state index in [1.54, 1.807) is 0 Å². The third-order valence-corrected chi connectivity index (χ3v) is 5.62. The molecule has 0 N–H and O–H groups in total. The molecule has 1 atom stereocenters. The molecule has 0 nitrogen and oxygen atoms in total. The largest absolute Gasteiger partial charge is 0.130 e. The van der Waals surface area contributed by atoms with Gasteiger partial charge in [-0.25, -0.2) is 0 Å². The maximum atomic E-state index is 4.31. The summed E-state index contributed by atoms with van der Waals surface area (Å²) in [5.74, 6) is 0. The molecule has 0 aromatic carbocycles. The first-order chi connectivity index (χ1) is 5.70. The quantitative estimate of drug-likeness (QED) is 0.361. The van der Waals surface area contributed by atoms with Crippen molar-refractivity contribution in [2.24, 2.45) is 0 Å². The maximum absolute atomic E-state index is 4.31. The van der Waals surface area contributed by atoms with Gasteiger partial charge in [0.15, 0.2) is 0 Å². The summed E-state index contributed by atoms with van der Waals surface area (Å²) in [6, 6.07) is 0. The molecule has 0 bridgehead atoms. The molecule has 0 rings (SSSR count). The molecule has 4 heteroatoms. The van der Waals surface area contributed by atoms with Crippen molar-refractivity contribution in [2.75, 3.05) is 0 Å². The van der Waals surface area contributed by atoms with Crippen LogP contribution in [-0.4, -0.2) is 5.25 Å². The second-order valence-electron chi connectivity index (χ2n) is 2.65. The van der Waals surface area contributed by atoms with E-state index in [0.717, 1.165) is 6.42 Å². The fourth-order valence-corrected chi connectivity index (χ4v) is 5.50. The third-order valence-electron chi connectivity index (χ3n) is 1.55. The van der Waals surface area contributed by atoms with Crippen LogP contribution in [0.5, 0.6) is 0 Å². The van der Waals surface area contributed by atoms with Crippen molar-refractivity contribution >= 4 is 41.4 Å². The molecule has 0 aliphatic rings. The zero-order valence-corrected chi connectivity index (χ0v) is 10.9. The predicted octanol–water partition coefficient (Wildman–Crippen LogP) is 4.94. The van der Waals surface area contributed by atoms with Gasteiger partial charge in [0.1, 0.15) is 0 Å². The average molecular weight is 240 g/mol. The minimum Gasteiger partial charge on any atom is -0.130 e. The lowest BCUT2D eigenvalue weighted by molar-refractivity contribution is 0.690. The van der Waals surface area contributed by atoms with Crippen LogP contribution in [0, 0.1) is 0 Å². The lowest BCUT2D eigenvalue weighted by Gasteiger charge is -2.14. The molecule has 1 unspecified atom stereocenters. The van der Waals surface area contributed by atoms with Crippen molar-refractivity contribution in [2.45, 2.75) is 37.9 Å². The van der Waals surface area contributed by atoms with E-state index in [9.17, 15) is 0 Å². The van der Waals surface area contributed by atoms with Gasteiger partial charge in [-0.1, -0.05) is 25.8 Å². The Balaban J connectivity index is 3.61. The number of unbranched alkanes of at least 4 members (excludes halogenated alkanes) is 1. The van der Waals surface area contributed by atoms with Crippen molar-refractivity contribution in [1.29, 1.82) is 0 Å². The Labute approximate surface area is 91.8 Å². The summed E-state index contributed by atoms with van der Waals surface area (Å²) in [7, 11) is 0. The SMILES string of the molecule is C=CCC(CCCC)SP(S)S. The van der Waals surface area contributed by atoms with Gasteiger partial charge in [-0.2, -0.15) is 0 Å². The number of thiol groups is 2.